The summed E-state index contributed by atoms with van der Waals surface area (Å²) in [4.78, 5) is 11.6. The molecule has 1 aromatic carbocycles. The zero-order valence-corrected chi connectivity index (χ0v) is 12.0. The quantitative estimate of drug-likeness (QED) is 0.896. The van der Waals surface area contributed by atoms with E-state index in [4.69, 9.17) is 5.73 Å². The molecule has 0 heterocycles. The van der Waals surface area contributed by atoms with Crippen LogP contribution in [-0.2, 0) is 11.2 Å². The predicted molar refractivity (Wildman–Crippen MR) is 73.7 cm³/mol. The van der Waals surface area contributed by atoms with Gasteiger partial charge in [-0.3, -0.25) is 4.79 Å². The molecule has 17 heavy (non-hydrogen) atoms. The highest BCUT2D eigenvalue weighted by Crippen LogP contribution is 2.16. The van der Waals surface area contributed by atoms with Crippen LogP contribution in [0.3, 0.4) is 0 Å². The molecule has 0 fully saturated rings. The van der Waals surface area contributed by atoms with E-state index < -0.39 is 6.04 Å². The summed E-state index contributed by atoms with van der Waals surface area (Å²) < 4.78 is 1.05. The molecule has 3 N–H and O–H groups in total. The van der Waals surface area contributed by atoms with Gasteiger partial charge in [-0.2, -0.15) is 0 Å². The SMILES string of the molecule is C[C@H](N)C(=O)NC(C)(C)Cc1ccc(Br)cc1. The summed E-state index contributed by atoms with van der Waals surface area (Å²) in [5.41, 5.74) is 6.43. The summed E-state index contributed by atoms with van der Waals surface area (Å²) in [6.45, 7) is 5.68. The fourth-order valence-corrected chi connectivity index (χ4v) is 1.87. The highest BCUT2D eigenvalue weighted by Gasteiger charge is 2.22. The van der Waals surface area contributed by atoms with Crippen molar-refractivity contribution in [2.75, 3.05) is 0 Å². The molecular formula is C13H19BrN2O. The molecular weight excluding hydrogens is 280 g/mol. The number of amides is 1. The maximum atomic E-state index is 11.6. The zero-order valence-electron chi connectivity index (χ0n) is 10.5. The molecule has 1 aromatic rings. The van der Waals surface area contributed by atoms with Crippen LogP contribution in [0.25, 0.3) is 0 Å². The van der Waals surface area contributed by atoms with Gasteiger partial charge in [-0.15, -0.1) is 0 Å². The molecule has 0 unspecified atom stereocenters. The predicted octanol–water partition coefficient (Wildman–Crippen LogP) is 2.23. The minimum absolute atomic E-state index is 0.118. The number of rotatable bonds is 4. The third-order valence-corrected chi connectivity index (χ3v) is 2.96. The Kier molecular flexibility index (Phi) is 4.71. The lowest BCUT2D eigenvalue weighted by atomic mass is 9.94. The van der Waals surface area contributed by atoms with Gasteiger partial charge in [0.1, 0.15) is 0 Å². The summed E-state index contributed by atoms with van der Waals surface area (Å²) in [5, 5.41) is 2.94. The Bertz CT molecular complexity index is 385. The molecule has 0 spiro atoms. The van der Waals surface area contributed by atoms with Gasteiger partial charge in [-0.05, 0) is 44.9 Å². The van der Waals surface area contributed by atoms with E-state index in [-0.39, 0.29) is 11.4 Å². The Morgan fingerprint density at radius 2 is 1.94 bits per heavy atom. The van der Waals surface area contributed by atoms with Crippen molar-refractivity contribution in [2.45, 2.75) is 38.8 Å². The zero-order chi connectivity index (χ0) is 13.1. The van der Waals surface area contributed by atoms with E-state index in [0.29, 0.717) is 0 Å². The van der Waals surface area contributed by atoms with Crippen LogP contribution >= 0.6 is 15.9 Å². The minimum atomic E-state index is -0.473. The van der Waals surface area contributed by atoms with Gasteiger partial charge < -0.3 is 11.1 Å². The maximum Gasteiger partial charge on any atom is 0.237 e. The number of nitrogens with one attached hydrogen (secondary N) is 1. The molecule has 4 heteroatoms. The molecule has 0 aliphatic heterocycles. The molecule has 0 aliphatic rings. The molecule has 1 atom stereocenters. The van der Waals surface area contributed by atoms with Crippen LogP contribution in [0.5, 0.6) is 0 Å². The van der Waals surface area contributed by atoms with E-state index in [9.17, 15) is 4.79 Å². The number of hydrogen-bond donors (Lipinski definition) is 2. The fourth-order valence-electron chi connectivity index (χ4n) is 1.60. The second-order valence-corrected chi connectivity index (χ2v) is 5.88. The second kappa shape index (κ2) is 5.65. The molecule has 0 saturated heterocycles. The third kappa shape index (κ3) is 4.88. The van der Waals surface area contributed by atoms with Crippen LogP contribution in [0.4, 0.5) is 0 Å². The first-order valence-corrected chi connectivity index (χ1v) is 6.41. The number of halogens is 1. The fraction of sp³-hybridized carbons (Fsp3) is 0.462. The molecule has 0 aliphatic carbocycles. The lowest BCUT2D eigenvalue weighted by Gasteiger charge is -2.27. The summed E-state index contributed by atoms with van der Waals surface area (Å²) in [5.74, 6) is -0.118. The van der Waals surface area contributed by atoms with E-state index in [1.54, 1.807) is 6.92 Å². The first-order chi connectivity index (χ1) is 7.80. The summed E-state index contributed by atoms with van der Waals surface area (Å²) >= 11 is 3.40. The molecule has 1 rings (SSSR count). The van der Waals surface area contributed by atoms with Gasteiger partial charge in [0.05, 0.1) is 6.04 Å². The Morgan fingerprint density at radius 1 is 1.41 bits per heavy atom. The summed E-state index contributed by atoms with van der Waals surface area (Å²) in [6.07, 6.45) is 0.777. The normalized spacial score (nSPS) is 13.2. The first kappa shape index (κ1) is 14.2. The van der Waals surface area contributed by atoms with Crippen molar-refractivity contribution >= 4 is 21.8 Å². The monoisotopic (exact) mass is 298 g/mol. The van der Waals surface area contributed by atoms with Crippen LogP contribution in [-0.4, -0.2) is 17.5 Å². The van der Waals surface area contributed by atoms with Crippen LogP contribution in [0.15, 0.2) is 28.7 Å². The molecule has 0 radical (unpaired) electrons. The molecule has 0 saturated carbocycles. The number of hydrogen-bond acceptors (Lipinski definition) is 2. The van der Waals surface area contributed by atoms with Gasteiger partial charge in [0.15, 0.2) is 0 Å². The lowest BCUT2D eigenvalue weighted by Crippen LogP contribution is -2.50. The molecule has 0 bridgehead atoms. The standard InChI is InChI=1S/C13H19BrN2O/c1-9(15)12(17)16-13(2,3)8-10-4-6-11(14)7-5-10/h4-7,9H,8,15H2,1-3H3,(H,16,17)/t9-/m0/s1. The molecule has 3 nitrogen and oxygen atoms in total. The Labute approximate surface area is 111 Å². The second-order valence-electron chi connectivity index (χ2n) is 4.97. The van der Waals surface area contributed by atoms with E-state index in [1.807, 2.05) is 38.1 Å². The van der Waals surface area contributed by atoms with Crippen molar-refractivity contribution < 1.29 is 4.79 Å². The minimum Gasteiger partial charge on any atom is -0.350 e. The Hall–Kier alpha value is -0.870. The van der Waals surface area contributed by atoms with Crippen LogP contribution in [0.2, 0.25) is 0 Å². The highest BCUT2D eigenvalue weighted by molar-refractivity contribution is 9.10. The highest BCUT2D eigenvalue weighted by atomic mass is 79.9. The molecule has 1 amide bonds. The molecule has 94 valence electrons. The van der Waals surface area contributed by atoms with Crippen LogP contribution < -0.4 is 11.1 Å². The first-order valence-electron chi connectivity index (χ1n) is 5.62. The van der Waals surface area contributed by atoms with E-state index in [2.05, 4.69) is 21.2 Å². The number of benzene rings is 1. The van der Waals surface area contributed by atoms with Crippen molar-refractivity contribution in [3.63, 3.8) is 0 Å². The van der Waals surface area contributed by atoms with Crippen molar-refractivity contribution in [1.82, 2.24) is 5.32 Å². The summed E-state index contributed by atoms with van der Waals surface area (Å²) in [7, 11) is 0. The van der Waals surface area contributed by atoms with E-state index in [0.717, 1.165) is 10.9 Å². The van der Waals surface area contributed by atoms with Gasteiger partial charge in [0.25, 0.3) is 0 Å². The van der Waals surface area contributed by atoms with Gasteiger partial charge in [-0.25, -0.2) is 0 Å². The van der Waals surface area contributed by atoms with Crippen molar-refractivity contribution in [3.8, 4) is 0 Å². The van der Waals surface area contributed by atoms with Gasteiger partial charge >= 0.3 is 0 Å². The summed E-state index contributed by atoms with van der Waals surface area (Å²) in [6, 6.07) is 7.62. The van der Waals surface area contributed by atoms with Crippen LogP contribution in [0, 0.1) is 0 Å². The third-order valence-electron chi connectivity index (χ3n) is 2.43. The maximum absolute atomic E-state index is 11.6. The average Bonchev–Trinajstić information content (AvgIpc) is 2.20. The van der Waals surface area contributed by atoms with Crippen molar-refractivity contribution in [2.24, 2.45) is 5.73 Å². The lowest BCUT2D eigenvalue weighted by molar-refractivity contribution is -0.123. The van der Waals surface area contributed by atoms with Gasteiger partial charge in [-0.1, -0.05) is 28.1 Å². The van der Waals surface area contributed by atoms with Crippen molar-refractivity contribution in [3.05, 3.63) is 34.3 Å². The van der Waals surface area contributed by atoms with E-state index >= 15 is 0 Å². The van der Waals surface area contributed by atoms with Crippen molar-refractivity contribution in [1.29, 1.82) is 0 Å². The molecule has 0 aromatic heterocycles. The van der Waals surface area contributed by atoms with Gasteiger partial charge in [0, 0.05) is 10.0 Å². The number of carbonyl (C=O) groups excluding carboxylic acids is 1. The largest absolute Gasteiger partial charge is 0.350 e. The Morgan fingerprint density at radius 3 is 2.41 bits per heavy atom. The number of carbonyl (C=O) groups is 1. The van der Waals surface area contributed by atoms with Crippen LogP contribution in [0.1, 0.15) is 26.3 Å². The van der Waals surface area contributed by atoms with E-state index in [1.165, 1.54) is 5.56 Å². The van der Waals surface area contributed by atoms with Gasteiger partial charge in [0.2, 0.25) is 5.91 Å². The average molecular weight is 299 g/mol. The topological polar surface area (TPSA) is 55.1 Å². The number of nitrogens with two attached hydrogens (primary N) is 1. The smallest absolute Gasteiger partial charge is 0.237 e. The Balaban J connectivity index is 2.66.